The van der Waals surface area contributed by atoms with Gasteiger partial charge >= 0.3 is 6.09 Å². The smallest absolute Gasteiger partial charge is 0.410 e. The lowest BCUT2D eigenvalue weighted by Crippen LogP contribution is -2.64. The molecule has 4 rings (SSSR count). The number of rotatable bonds is 5. The molecular weight excluding hydrogens is 471 g/mol. The molecule has 3 atom stereocenters. The predicted octanol–water partition coefficient (Wildman–Crippen LogP) is 1.88. The maximum absolute atomic E-state index is 13.7. The van der Waals surface area contributed by atoms with Crippen molar-refractivity contribution in [2.45, 2.75) is 18.6 Å². The number of nitrogens with one attached hydrogen (secondary N) is 1. The van der Waals surface area contributed by atoms with Gasteiger partial charge in [0.1, 0.15) is 23.7 Å². The largest absolute Gasteiger partial charge is 0.489 e. The fourth-order valence-electron chi connectivity index (χ4n) is 4.78. The van der Waals surface area contributed by atoms with Gasteiger partial charge in [-0.25, -0.2) is 14.7 Å². The molecule has 0 aromatic heterocycles. The van der Waals surface area contributed by atoms with Gasteiger partial charge in [-0.3, -0.25) is 19.7 Å². The number of carbonyl (C=O) groups is 3. The molecule has 0 aliphatic carbocycles. The number of halogens is 1. The van der Waals surface area contributed by atoms with Crippen LogP contribution in [0.15, 0.2) is 54.6 Å². The van der Waals surface area contributed by atoms with E-state index in [-0.39, 0.29) is 13.0 Å². The second-order valence-electron chi connectivity index (χ2n) is 8.73. The van der Waals surface area contributed by atoms with Gasteiger partial charge in [0.15, 0.2) is 0 Å². The molecule has 0 spiro atoms. The molecule has 2 fully saturated rings. The summed E-state index contributed by atoms with van der Waals surface area (Å²) < 4.78 is 24.1. The zero-order chi connectivity index (χ0) is 25.7. The van der Waals surface area contributed by atoms with Crippen LogP contribution in [-0.4, -0.2) is 84.9 Å². The van der Waals surface area contributed by atoms with Crippen molar-refractivity contribution in [2.75, 3.05) is 44.7 Å². The first-order valence-corrected chi connectivity index (χ1v) is 11.7. The number of benzene rings is 2. The van der Waals surface area contributed by atoms with Crippen LogP contribution in [0.4, 0.5) is 14.9 Å². The highest BCUT2D eigenvalue weighted by Gasteiger charge is 2.49. The normalized spacial score (nSPS) is 22.1. The molecule has 2 aromatic carbocycles. The number of para-hydroxylation sites is 1. The number of methoxy groups -OCH3 is 1. The highest BCUT2D eigenvalue weighted by Crippen LogP contribution is 2.30. The van der Waals surface area contributed by atoms with Gasteiger partial charge in [0.2, 0.25) is 11.8 Å². The van der Waals surface area contributed by atoms with Crippen LogP contribution in [0, 0.1) is 11.7 Å². The van der Waals surface area contributed by atoms with E-state index in [0.717, 1.165) is 5.69 Å². The molecule has 0 radical (unpaired) electrons. The summed E-state index contributed by atoms with van der Waals surface area (Å²) in [5.74, 6) is -2.39. The molecule has 3 amide bonds. The van der Waals surface area contributed by atoms with Gasteiger partial charge < -0.3 is 19.3 Å². The minimum absolute atomic E-state index is 0.0281. The van der Waals surface area contributed by atoms with Gasteiger partial charge in [-0.1, -0.05) is 18.2 Å². The Hall–Kier alpha value is -3.86. The Balaban J connectivity index is 1.53. The number of nitrogens with zero attached hydrogens (tertiary/aromatic N) is 3. The number of hydrogen-bond donors (Lipinski definition) is 2. The molecule has 2 saturated heterocycles. The molecule has 2 N–H and O–H groups in total. The Bertz CT molecular complexity index is 1040. The maximum atomic E-state index is 13.7. The van der Waals surface area contributed by atoms with Crippen LogP contribution < -0.4 is 15.1 Å². The minimum Gasteiger partial charge on any atom is -0.489 e. The van der Waals surface area contributed by atoms with Crippen molar-refractivity contribution in [3.63, 3.8) is 0 Å². The molecule has 36 heavy (non-hydrogen) atoms. The fraction of sp³-hybridized carbons (Fsp3) is 0.400. The SMILES string of the molecule is COC(=O)N1C[C@@H](Oc2ccc(F)cc2)C[C@H](C(=O)NO)[C@H]1C(=O)N1CCN(c2ccccc2)CC1. The van der Waals surface area contributed by atoms with Gasteiger partial charge in [0.05, 0.1) is 19.6 Å². The fourth-order valence-corrected chi connectivity index (χ4v) is 4.78. The van der Waals surface area contributed by atoms with E-state index < -0.39 is 41.8 Å². The van der Waals surface area contributed by atoms with Gasteiger partial charge in [0.25, 0.3) is 0 Å². The number of hydroxylamine groups is 1. The summed E-state index contributed by atoms with van der Waals surface area (Å²) >= 11 is 0. The lowest BCUT2D eigenvalue weighted by molar-refractivity contribution is -0.151. The summed E-state index contributed by atoms with van der Waals surface area (Å²) in [6, 6.07) is 14.0. The molecule has 11 heteroatoms. The first-order valence-electron chi connectivity index (χ1n) is 11.7. The molecule has 10 nitrogen and oxygen atoms in total. The van der Waals surface area contributed by atoms with Gasteiger partial charge in [-0.2, -0.15) is 0 Å². The molecule has 0 bridgehead atoms. The van der Waals surface area contributed by atoms with E-state index in [2.05, 4.69) is 4.90 Å². The van der Waals surface area contributed by atoms with Crippen molar-refractivity contribution >= 4 is 23.6 Å². The first-order chi connectivity index (χ1) is 17.4. The monoisotopic (exact) mass is 500 g/mol. The van der Waals surface area contributed by atoms with Crippen molar-refractivity contribution in [3.05, 3.63) is 60.4 Å². The van der Waals surface area contributed by atoms with Crippen LogP contribution in [0.2, 0.25) is 0 Å². The Kier molecular flexibility index (Phi) is 7.89. The minimum atomic E-state index is -1.18. The van der Waals surface area contributed by atoms with Crippen molar-refractivity contribution in [3.8, 4) is 5.75 Å². The van der Waals surface area contributed by atoms with E-state index in [1.165, 1.54) is 36.3 Å². The summed E-state index contributed by atoms with van der Waals surface area (Å²) in [6.07, 6.45) is -1.44. The third kappa shape index (κ3) is 5.51. The molecule has 0 unspecified atom stereocenters. The van der Waals surface area contributed by atoms with Crippen LogP contribution in [0.5, 0.6) is 5.75 Å². The highest BCUT2D eigenvalue weighted by molar-refractivity contribution is 5.92. The first kappa shape index (κ1) is 25.2. The molecule has 2 aliphatic heterocycles. The number of piperazine rings is 1. The standard InChI is InChI=1S/C25H29FN4O6/c1-35-25(33)30-16-20(36-19-9-7-17(26)8-10-19)15-21(23(31)27-34)22(30)24(32)29-13-11-28(12-14-29)18-5-3-2-4-6-18/h2-10,20-22,34H,11-16H2,1H3,(H,27,31)/t20-,21-,22-/m0/s1. The zero-order valence-corrected chi connectivity index (χ0v) is 19.9. The van der Waals surface area contributed by atoms with Crippen molar-refractivity contribution in [2.24, 2.45) is 5.92 Å². The number of ether oxygens (including phenoxy) is 2. The second kappa shape index (κ2) is 11.3. The third-order valence-electron chi connectivity index (χ3n) is 6.57. The van der Waals surface area contributed by atoms with Crippen LogP contribution in [-0.2, 0) is 14.3 Å². The van der Waals surface area contributed by atoms with Crippen LogP contribution >= 0.6 is 0 Å². The molecular formula is C25H29FN4O6. The lowest BCUT2D eigenvalue weighted by atomic mass is 9.86. The summed E-state index contributed by atoms with van der Waals surface area (Å²) in [5.41, 5.74) is 2.67. The average molecular weight is 501 g/mol. The van der Waals surface area contributed by atoms with Gasteiger partial charge in [0, 0.05) is 38.3 Å². The Labute approximate surface area is 208 Å². The second-order valence-corrected chi connectivity index (χ2v) is 8.73. The predicted molar refractivity (Wildman–Crippen MR) is 127 cm³/mol. The number of hydrogen-bond acceptors (Lipinski definition) is 7. The van der Waals surface area contributed by atoms with E-state index in [4.69, 9.17) is 9.47 Å². The quantitative estimate of drug-likeness (QED) is 0.476. The Morgan fingerprint density at radius 1 is 1.00 bits per heavy atom. The molecule has 2 aromatic rings. The van der Waals surface area contributed by atoms with Crippen LogP contribution in [0.25, 0.3) is 0 Å². The van der Waals surface area contributed by atoms with Crippen molar-refractivity contribution < 1.29 is 33.5 Å². The topological polar surface area (TPSA) is 112 Å². The molecule has 192 valence electrons. The third-order valence-corrected chi connectivity index (χ3v) is 6.57. The summed E-state index contributed by atoms with van der Waals surface area (Å²) in [4.78, 5) is 44.0. The highest BCUT2D eigenvalue weighted by atomic mass is 19.1. The number of likely N-dealkylation sites (tertiary alicyclic amines) is 1. The maximum Gasteiger partial charge on any atom is 0.410 e. The number of piperidine rings is 1. The summed E-state index contributed by atoms with van der Waals surface area (Å²) in [6.45, 7) is 1.96. The van der Waals surface area contributed by atoms with Crippen molar-refractivity contribution in [1.82, 2.24) is 15.3 Å². The molecule has 2 aliphatic rings. The Morgan fingerprint density at radius 2 is 1.67 bits per heavy atom. The number of amides is 3. The van der Waals surface area contributed by atoms with Crippen molar-refractivity contribution in [1.29, 1.82) is 0 Å². The molecule has 2 heterocycles. The number of anilines is 1. The van der Waals surface area contributed by atoms with E-state index >= 15 is 0 Å². The summed E-state index contributed by atoms with van der Waals surface area (Å²) in [7, 11) is 1.19. The zero-order valence-electron chi connectivity index (χ0n) is 19.9. The summed E-state index contributed by atoms with van der Waals surface area (Å²) in [5, 5.41) is 9.40. The van der Waals surface area contributed by atoms with Crippen LogP contribution in [0.1, 0.15) is 6.42 Å². The van der Waals surface area contributed by atoms with Crippen LogP contribution in [0.3, 0.4) is 0 Å². The van der Waals surface area contributed by atoms with E-state index in [1.54, 1.807) is 10.4 Å². The van der Waals surface area contributed by atoms with E-state index in [9.17, 15) is 24.0 Å². The van der Waals surface area contributed by atoms with Gasteiger partial charge in [-0.05, 0) is 36.4 Å². The number of carbonyl (C=O) groups excluding carboxylic acids is 3. The lowest BCUT2D eigenvalue weighted by Gasteiger charge is -2.45. The Morgan fingerprint density at radius 3 is 2.28 bits per heavy atom. The van der Waals surface area contributed by atoms with E-state index in [0.29, 0.717) is 31.9 Å². The molecule has 0 saturated carbocycles. The van der Waals surface area contributed by atoms with E-state index in [1.807, 2.05) is 30.3 Å². The van der Waals surface area contributed by atoms with Gasteiger partial charge in [-0.15, -0.1) is 0 Å². The average Bonchev–Trinajstić information content (AvgIpc) is 2.93.